The Hall–Kier alpha value is -1.91. The van der Waals surface area contributed by atoms with E-state index in [0.717, 1.165) is 18.8 Å². The van der Waals surface area contributed by atoms with Gasteiger partial charge in [0.15, 0.2) is 5.78 Å². The number of nitrogens with zero attached hydrogens (tertiary/aromatic N) is 2. The first kappa shape index (κ1) is 13.5. The minimum atomic E-state index is -0.467. The Bertz CT molecular complexity index is 517. The van der Waals surface area contributed by atoms with E-state index in [9.17, 15) is 14.9 Å². The molecule has 1 saturated heterocycles. The lowest BCUT2D eigenvalue weighted by Crippen LogP contribution is -2.22. The second kappa shape index (κ2) is 4.99. The van der Waals surface area contributed by atoms with Gasteiger partial charge in [-0.15, -0.1) is 0 Å². The van der Waals surface area contributed by atoms with Crippen molar-refractivity contribution in [3.05, 3.63) is 33.9 Å². The van der Waals surface area contributed by atoms with E-state index in [4.69, 9.17) is 0 Å². The van der Waals surface area contributed by atoms with Crippen LogP contribution in [0.15, 0.2) is 18.2 Å². The smallest absolute Gasteiger partial charge is 0.270 e. The first-order valence-corrected chi connectivity index (χ1v) is 6.44. The molecule has 1 aromatic rings. The molecule has 0 aliphatic carbocycles. The maximum absolute atomic E-state index is 11.7. The van der Waals surface area contributed by atoms with Crippen molar-refractivity contribution in [1.82, 2.24) is 0 Å². The molecule has 1 aliphatic rings. The summed E-state index contributed by atoms with van der Waals surface area (Å²) in [4.78, 5) is 24.2. The summed E-state index contributed by atoms with van der Waals surface area (Å²) in [5, 5.41) is 10.8. The third-order valence-electron chi connectivity index (χ3n) is 3.90. The Labute approximate surface area is 112 Å². The number of benzene rings is 1. The van der Waals surface area contributed by atoms with E-state index in [-0.39, 0.29) is 11.5 Å². The molecular weight excluding hydrogens is 244 g/mol. The summed E-state index contributed by atoms with van der Waals surface area (Å²) in [5.41, 5.74) is 1.22. The number of hydrogen-bond donors (Lipinski definition) is 0. The highest BCUT2D eigenvalue weighted by atomic mass is 16.6. The van der Waals surface area contributed by atoms with Gasteiger partial charge in [0.25, 0.3) is 5.69 Å². The van der Waals surface area contributed by atoms with Gasteiger partial charge in [-0.2, -0.15) is 0 Å². The number of carbonyl (C=O) groups excluding carboxylic acids is 1. The molecule has 2 unspecified atom stereocenters. The predicted octanol–water partition coefficient (Wildman–Crippen LogP) is 2.89. The van der Waals surface area contributed by atoms with Crippen molar-refractivity contribution in [1.29, 1.82) is 0 Å². The first-order valence-electron chi connectivity index (χ1n) is 6.44. The Morgan fingerprint density at radius 1 is 1.32 bits per heavy atom. The molecule has 1 aliphatic heterocycles. The molecule has 5 nitrogen and oxygen atoms in total. The SMILES string of the molecule is CC(=O)c1cc([N+](=O)[O-])ccc1N1CC(C)C(C)C1. The van der Waals surface area contributed by atoms with Crippen LogP contribution >= 0.6 is 0 Å². The van der Waals surface area contributed by atoms with E-state index in [1.807, 2.05) is 0 Å². The molecule has 0 aromatic heterocycles. The summed E-state index contributed by atoms with van der Waals surface area (Å²) >= 11 is 0. The van der Waals surface area contributed by atoms with Gasteiger partial charge in [0.05, 0.1) is 4.92 Å². The van der Waals surface area contributed by atoms with Crippen LogP contribution in [0.25, 0.3) is 0 Å². The van der Waals surface area contributed by atoms with Crippen LogP contribution in [0.1, 0.15) is 31.1 Å². The van der Waals surface area contributed by atoms with E-state index in [1.165, 1.54) is 19.1 Å². The molecule has 0 saturated carbocycles. The van der Waals surface area contributed by atoms with Gasteiger partial charge >= 0.3 is 0 Å². The number of anilines is 1. The molecule has 0 spiro atoms. The molecule has 19 heavy (non-hydrogen) atoms. The molecule has 102 valence electrons. The van der Waals surface area contributed by atoms with Crippen LogP contribution in [0.3, 0.4) is 0 Å². The standard InChI is InChI=1S/C14H18N2O3/c1-9-7-15(8-10(9)2)14-5-4-12(16(18)19)6-13(14)11(3)17/h4-6,9-10H,7-8H2,1-3H3. The van der Waals surface area contributed by atoms with Gasteiger partial charge in [-0.25, -0.2) is 0 Å². The van der Waals surface area contributed by atoms with E-state index in [2.05, 4.69) is 18.7 Å². The van der Waals surface area contributed by atoms with Gasteiger partial charge in [-0.1, -0.05) is 13.8 Å². The third kappa shape index (κ3) is 2.59. The maximum Gasteiger partial charge on any atom is 0.270 e. The lowest BCUT2D eigenvalue weighted by molar-refractivity contribution is -0.384. The lowest BCUT2D eigenvalue weighted by Gasteiger charge is -2.20. The second-order valence-corrected chi connectivity index (χ2v) is 5.37. The average Bonchev–Trinajstić information content (AvgIpc) is 2.68. The number of nitro benzene ring substituents is 1. The molecule has 0 N–H and O–H groups in total. The molecule has 5 heteroatoms. The van der Waals surface area contributed by atoms with E-state index in [1.54, 1.807) is 6.07 Å². The van der Waals surface area contributed by atoms with Crippen LogP contribution < -0.4 is 4.90 Å². The summed E-state index contributed by atoms with van der Waals surface area (Å²) in [6, 6.07) is 4.54. The summed E-state index contributed by atoms with van der Waals surface area (Å²) in [6.45, 7) is 7.59. The summed E-state index contributed by atoms with van der Waals surface area (Å²) < 4.78 is 0. The molecule has 2 atom stereocenters. The molecule has 1 fully saturated rings. The fourth-order valence-corrected chi connectivity index (χ4v) is 2.52. The molecule has 0 bridgehead atoms. The van der Waals surface area contributed by atoms with E-state index < -0.39 is 4.92 Å². The summed E-state index contributed by atoms with van der Waals surface area (Å²) in [7, 11) is 0. The number of carbonyl (C=O) groups is 1. The number of nitro groups is 1. The fraction of sp³-hybridized carbons (Fsp3) is 0.500. The number of Topliss-reactive ketones (excluding diaryl/α,β-unsaturated/α-hetero) is 1. The van der Waals surface area contributed by atoms with Gasteiger partial charge in [0, 0.05) is 36.5 Å². The van der Waals surface area contributed by atoms with Crippen molar-refractivity contribution >= 4 is 17.2 Å². The second-order valence-electron chi connectivity index (χ2n) is 5.37. The van der Waals surface area contributed by atoms with Gasteiger partial charge in [0.1, 0.15) is 0 Å². The number of hydrogen-bond acceptors (Lipinski definition) is 4. The van der Waals surface area contributed by atoms with E-state index >= 15 is 0 Å². The highest BCUT2D eigenvalue weighted by Crippen LogP contribution is 2.32. The Kier molecular flexibility index (Phi) is 3.55. The molecule has 1 aromatic carbocycles. The first-order chi connectivity index (χ1) is 8.90. The molecule has 0 radical (unpaired) electrons. The van der Waals surface area contributed by atoms with Crippen LogP contribution in [0.4, 0.5) is 11.4 Å². The van der Waals surface area contributed by atoms with Crippen LogP contribution in [0.5, 0.6) is 0 Å². The normalized spacial score (nSPS) is 22.6. The molecule has 1 heterocycles. The van der Waals surface area contributed by atoms with Crippen molar-refractivity contribution in [2.45, 2.75) is 20.8 Å². The lowest BCUT2D eigenvalue weighted by atomic mass is 10.0. The van der Waals surface area contributed by atoms with Crippen LogP contribution in [-0.2, 0) is 0 Å². The van der Waals surface area contributed by atoms with Crippen LogP contribution in [0.2, 0.25) is 0 Å². The zero-order chi connectivity index (χ0) is 14.2. The van der Waals surface area contributed by atoms with Crippen molar-refractivity contribution in [3.63, 3.8) is 0 Å². The molecule has 2 rings (SSSR count). The Morgan fingerprint density at radius 2 is 1.89 bits per heavy atom. The summed E-state index contributed by atoms with van der Waals surface area (Å²) in [5.74, 6) is 0.996. The van der Waals surface area contributed by atoms with Crippen molar-refractivity contribution in [2.75, 3.05) is 18.0 Å². The largest absolute Gasteiger partial charge is 0.370 e. The summed E-state index contributed by atoms with van der Waals surface area (Å²) in [6.07, 6.45) is 0. The Balaban J connectivity index is 2.40. The number of ketones is 1. The fourth-order valence-electron chi connectivity index (χ4n) is 2.52. The monoisotopic (exact) mass is 262 g/mol. The minimum Gasteiger partial charge on any atom is -0.370 e. The third-order valence-corrected chi connectivity index (χ3v) is 3.90. The molecular formula is C14H18N2O3. The van der Waals surface area contributed by atoms with Gasteiger partial charge in [0.2, 0.25) is 0 Å². The van der Waals surface area contributed by atoms with Gasteiger partial charge in [-0.05, 0) is 24.8 Å². The average molecular weight is 262 g/mol. The van der Waals surface area contributed by atoms with Crippen molar-refractivity contribution < 1.29 is 9.72 Å². The Morgan fingerprint density at radius 3 is 2.37 bits per heavy atom. The highest BCUT2D eigenvalue weighted by molar-refractivity contribution is 6.00. The predicted molar refractivity (Wildman–Crippen MR) is 73.6 cm³/mol. The van der Waals surface area contributed by atoms with Crippen LogP contribution in [0, 0.1) is 22.0 Å². The quantitative estimate of drug-likeness (QED) is 0.477. The topological polar surface area (TPSA) is 63.4 Å². The number of rotatable bonds is 3. The van der Waals surface area contributed by atoms with Gasteiger partial charge < -0.3 is 4.90 Å². The van der Waals surface area contributed by atoms with E-state index in [0.29, 0.717) is 17.4 Å². The highest BCUT2D eigenvalue weighted by Gasteiger charge is 2.28. The maximum atomic E-state index is 11.7. The van der Waals surface area contributed by atoms with Crippen LogP contribution in [-0.4, -0.2) is 23.8 Å². The van der Waals surface area contributed by atoms with Crippen molar-refractivity contribution in [2.24, 2.45) is 11.8 Å². The van der Waals surface area contributed by atoms with Gasteiger partial charge in [-0.3, -0.25) is 14.9 Å². The zero-order valence-corrected chi connectivity index (χ0v) is 11.4. The zero-order valence-electron chi connectivity index (χ0n) is 11.4. The minimum absolute atomic E-state index is 0.0331. The number of non-ortho nitro benzene ring substituents is 1. The molecule has 0 amide bonds. The van der Waals surface area contributed by atoms with Crippen molar-refractivity contribution in [3.8, 4) is 0 Å².